The number of nitrogens with zero attached hydrogens (tertiary/aromatic N) is 1. The maximum atomic E-state index is 12.0. The Kier molecular flexibility index (Phi) is 3.62. The molecule has 0 bridgehead atoms. The molecule has 0 unspecified atom stereocenters. The number of amides is 2. The molecule has 2 aliphatic heterocycles. The minimum absolute atomic E-state index is 0.0362. The van der Waals surface area contributed by atoms with Gasteiger partial charge in [-0.15, -0.1) is 11.8 Å². The Bertz CT molecular complexity index is 425. The SMILES string of the molecule is COC(=O)NCOC(=O)[C@@H]1N2C(=O)C[C@H]2SC1(C)C. The minimum Gasteiger partial charge on any atom is -0.453 e. The Morgan fingerprint density at radius 2 is 2.21 bits per heavy atom. The number of thioether (sulfide) groups is 1. The van der Waals surface area contributed by atoms with E-state index in [4.69, 9.17) is 4.74 Å². The molecule has 2 aliphatic rings. The van der Waals surface area contributed by atoms with Crippen molar-refractivity contribution in [2.75, 3.05) is 13.8 Å². The molecule has 106 valence electrons. The highest BCUT2D eigenvalue weighted by atomic mass is 32.2. The van der Waals surface area contributed by atoms with E-state index in [2.05, 4.69) is 10.1 Å². The first kappa shape index (κ1) is 14.0. The van der Waals surface area contributed by atoms with Gasteiger partial charge in [-0.05, 0) is 13.8 Å². The first-order valence-electron chi connectivity index (χ1n) is 5.84. The van der Waals surface area contributed by atoms with Crippen LogP contribution in [-0.4, -0.2) is 52.9 Å². The van der Waals surface area contributed by atoms with Crippen LogP contribution in [0.5, 0.6) is 0 Å². The van der Waals surface area contributed by atoms with Gasteiger partial charge in [0.1, 0.15) is 6.04 Å². The van der Waals surface area contributed by atoms with Crippen molar-refractivity contribution in [2.45, 2.75) is 36.4 Å². The van der Waals surface area contributed by atoms with Crippen molar-refractivity contribution < 1.29 is 23.9 Å². The van der Waals surface area contributed by atoms with Crippen LogP contribution in [0.1, 0.15) is 20.3 Å². The van der Waals surface area contributed by atoms with E-state index in [0.717, 1.165) is 0 Å². The summed E-state index contributed by atoms with van der Waals surface area (Å²) in [6.07, 6.45) is -0.205. The van der Waals surface area contributed by atoms with Crippen molar-refractivity contribution in [3.63, 3.8) is 0 Å². The zero-order chi connectivity index (χ0) is 14.2. The molecule has 2 heterocycles. The molecule has 2 rings (SSSR count). The Morgan fingerprint density at radius 3 is 2.79 bits per heavy atom. The normalized spacial score (nSPS) is 27.3. The number of carbonyl (C=O) groups excluding carboxylic acids is 3. The van der Waals surface area contributed by atoms with Gasteiger partial charge < -0.3 is 14.4 Å². The lowest BCUT2D eigenvalue weighted by atomic mass is 9.98. The summed E-state index contributed by atoms with van der Waals surface area (Å²) in [5.41, 5.74) is 0. The van der Waals surface area contributed by atoms with Gasteiger partial charge in [-0.2, -0.15) is 0 Å². The molecule has 0 aromatic heterocycles. The van der Waals surface area contributed by atoms with E-state index in [9.17, 15) is 14.4 Å². The molecule has 0 spiro atoms. The molecule has 2 amide bonds. The number of hydrogen-bond acceptors (Lipinski definition) is 6. The number of methoxy groups -OCH3 is 1. The highest BCUT2D eigenvalue weighted by molar-refractivity contribution is 8.01. The average molecular weight is 288 g/mol. The fraction of sp³-hybridized carbons (Fsp3) is 0.727. The van der Waals surface area contributed by atoms with Gasteiger partial charge >= 0.3 is 12.1 Å². The third-order valence-electron chi connectivity index (χ3n) is 3.16. The van der Waals surface area contributed by atoms with Crippen LogP contribution in [0.2, 0.25) is 0 Å². The van der Waals surface area contributed by atoms with E-state index in [-0.39, 0.29) is 22.8 Å². The molecule has 0 aromatic carbocycles. The van der Waals surface area contributed by atoms with Crippen LogP contribution >= 0.6 is 11.8 Å². The summed E-state index contributed by atoms with van der Waals surface area (Å²) in [6, 6.07) is -0.608. The topological polar surface area (TPSA) is 84.9 Å². The molecule has 7 nitrogen and oxygen atoms in total. The second-order valence-electron chi connectivity index (χ2n) is 4.86. The van der Waals surface area contributed by atoms with Crippen molar-refractivity contribution in [1.82, 2.24) is 10.2 Å². The Labute approximate surface area is 115 Å². The predicted molar refractivity (Wildman–Crippen MR) is 67.2 cm³/mol. The van der Waals surface area contributed by atoms with Gasteiger partial charge in [-0.1, -0.05) is 0 Å². The van der Waals surface area contributed by atoms with Crippen LogP contribution < -0.4 is 5.32 Å². The van der Waals surface area contributed by atoms with Gasteiger partial charge in [0.05, 0.1) is 18.9 Å². The molecule has 2 fully saturated rings. The van der Waals surface area contributed by atoms with E-state index in [0.29, 0.717) is 6.42 Å². The molecule has 8 heteroatoms. The summed E-state index contributed by atoms with van der Waals surface area (Å²) in [5.74, 6) is -0.546. The summed E-state index contributed by atoms with van der Waals surface area (Å²) in [7, 11) is 1.22. The van der Waals surface area contributed by atoms with Crippen LogP contribution in [0.15, 0.2) is 0 Å². The monoisotopic (exact) mass is 288 g/mol. The fourth-order valence-electron chi connectivity index (χ4n) is 2.27. The quantitative estimate of drug-likeness (QED) is 0.456. The summed E-state index contributed by atoms with van der Waals surface area (Å²) in [5, 5.41) is 2.32. The van der Waals surface area contributed by atoms with Gasteiger partial charge in [-0.3, -0.25) is 10.1 Å². The molecule has 0 radical (unpaired) electrons. The Hall–Kier alpha value is -1.44. The largest absolute Gasteiger partial charge is 0.453 e. The lowest BCUT2D eigenvalue weighted by Gasteiger charge is -2.37. The van der Waals surface area contributed by atoms with Gasteiger partial charge in [0.15, 0.2) is 6.73 Å². The van der Waals surface area contributed by atoms with E-state index in [1.54, 1.807) is 16.7 Å². The number of fused-ring (bicyclic) bond motifs is 1. The highest BCUT2D eigenvalue weighted by Gasteiger charge is 2.59. The maximum absolute atomic E-state index is 12.0. The number of hydrogen-bond donors (Lipinski definition) is 1. The first-order chi connectivity index (χ1) is 8.86. The molecule has 0 aliphatic carbocycles. The number of nitrogens with one attached hydrogen (secondary N) is 1. The first-order valence-corrected chi connectivity index (χ1v) is 6.72. The smallest absolute Gasteiger partial charge is 0.409 e. The zero-order valence-electron chi connectivity index (χ0n) is 11.0. The van der Waals surface area contributed by atoms with Crippen LogP contribution in [0.4, 0.5) is 4.79 Å². The van der Waals surface area contributed by atoms with Crippen LogP contribution in [0.3, 0.4) is 0 Å². The molecule has 2 saturated heterocycles. The lowest BCUT2D eigenvalue weighted by Crippen LogP contribution is -2.57. The number of β-lactam (4-membered cyclic amide) rings is 1. The number of rotatable bonds is 3. The summed E-state index contributed by atoms with van der Waals surface area (Å²) < 4.78 is 8.94. The molecule has 2 atom stereocenters. The van der Waals surface area contributed by atoms with Gasteiger partial charge in [0, 0.05) is 4.75 Å². The van der Waals surface area contributed by atoms with Crippen LogP contribution in [0.25, 0.3) is 0 Å². The standard InChI is InChI=1S/C11H16N2O5S/c1-11(2)8(13-6(14)4-7(13)19-11)9(15)18-5-12-10(16)17-3/h7-8H,4-5H2,1-3H3,(H,12,16)/t7-,8+/m1/s1. The highest BCUT2D eigenvalue weighted by Crippen LogP contribution is 2.50. The molecule has 0 aromatic rings. The third kappa shape index (κ3) is 2.49. The predicted octanol–water partition coefficient (Wildman–Crippen LogP) is 0.296. The second kappa shape index (κ2) is 4.92. The molecule has 0 saturated carbocycles. The maximum Gasteiger partial charge on any atom is 0.409 e. The van der Waals surface area contributed by atoms with Gasteiger partial charge in [-0.25, -0.2) is 9.59 Å². The summed E-state index contributed by atoms with van der Waals surface area (Å²) >= 11 is 1.59. The van der Waals surface area contributed by atoms with Crippen molar-refractivity contribution in [3.8, 4) is 0 Å². The number of esters is 1. The molecule has 1 N–H and O–H groups in total. The minimum atomic E-state index is -0.675. The molecular weight excluding hydrogens is 272 g/mol. The van der Waals surface area contributed by atoms with Crippen LogP contribution in [0, 0.1) is 0 Å². The fourth-order valence-corrected chi connectivity index (χ4v) is 3.89. The zero-order valence-corrected chi connectivity index (χ0v) is 11.8. The lowest BCUT2D eigenvalue weighted by molar-refractivity contribution is -0.161. The average Bonchev–Trinajstić information content (AvgIpc) is 2.55. The summed E-state index contributed by atoms with van der Waals surface area (Å²) in [6.45, 7) is 3.54. The van der Waals surface area contributed by atoms with Crippen molar-refractivity contribution >= 4 is 29.7 Å². The molecular formula is C11H16N2O5S. The van der Waals surface area contributed by atoms with Crippen LogP contribution in [-0.2, 0) is 19.1 Å². The van der Waals surface area contributed by atoms with E-state index in [1.807, 2.05) is 13.8 Å². The number of ether oxygens (including phenoxy) is 2. The van der Waals surface area contributed by atoms with Crippen molar-refractivity contribution in [2.24, 2.45) is 0 Å². The van der Waals surface area contributed by atoms with E-state index < -0.39 is 18.1 Å². The summed E-state index contributed by atoms with van der Waals surface area (Å²) in [4.78, 5) is 36.0. The number of carbonyl (C=O) groups is 3. The Morgan fingerprint density at radius 1 is 1.53 bits per heavy atom. The third-order valence-corrected chi connectivity index (χ3v) is 4.66. The van der Waals surface area contributed by atoms with Crippen molar-refractivity contribution in [3.05, 3.63) is 0 Å². The van der Waals surface area contributed by atoms with Gasteiger partial charge in [0.25, 0.3) is 0 Å². The van der Waals surface area contributed by atoms with Gasteiger partial charge in [0.2, 0.25) is 5.91 Å². The van der Waals surface area contributed by atoms with Crippen molar-refractivity contribution in [1.29, 1.82) is 0 Å². The molecule has 19 heavy (non-hydrogen) atoms. The van der Waals surface area contributed by atoms with E-state index >= 15 is 0 Å². The van der Waals surface area contributed by atoms with E-state index in [1.165, 1.54) is 7.11 Å². The second-order valence-corrected chi connectivity index (χ2v) is 6.69. The number of alkyl carbamates (subject to hydrolysis) is 1. The Balaban J connectivity index is 1.94.